The summed E-state index contributed by atoms with van der Waals surface area (Å²) in [7, 11) is 0. The van der Waals surface area contributed by atoms with Gasteiger partial charge in [0.1, 0.15) is 6.04 Å². The van der Waals surface area contributed by atoms with E-state index in [4.69, 9.17) is 0 Å². The fourth-order valence-electron chi connectivity index (χ4n) is 2.90. The van der Waals surface area contributed by atoms with Crippen molar-refractivity contribution in [3.8, 4) is 0 Å². The number of nitrogens with zero attached hydrogens (tertiary/aromatic N) is 1. The van der Waals surface area contributed by atoms with Crippen molar-refractivity contribution in [3.63, 3.8) is 0 Å². The third-order valence-corrected chi connectivity index (χ3v) is 4.39. The Hall–Kier alpha value is -1.69. The van der Waals surface area contributed by atoms with Crippen molar-refractivity contribution in [2.24, 2.45) is 0 Å². The van der Waals surface area contributed by atoms with Gasteiger partial charge in [-0.25, -0.2) is 0 Å². The summed E-state index contributed by atoms with van der Waals surface area (Å²) in [5.74, 6) is -0.798. The zero-order chi connectivity index (χ0) is 14.4. The molecule has 1 fully saturated rings. The first-order valence-corrected chi connectivity index (χ1v) is 7.24. The molecule has 6 heteroatoms. The molecule has 1 N–H and O–H groups in total. The molecular formula is C14H13BrN2O3. The average Bonchev–Trinajstić information content (AvgIpc) is 2.63. The first-order valence-electron chi connectivity index (χ1n) is 6.45. The topological polar surface area (TPSA) is 66.5 Å². The van der Waals surface area contributed by atoms with Crippen molar-refractivity contribution >= 4 is 33.7 Å². The Morgan fingerprint density at radius 2 is 2.05 bits per heavy atom. The molecule has 1 aromatic carbocycles. The molecule has 5 nitrogen and oxygen atoms in total. The number of rotatable bonds is 1. The Bertz CT molecular complexity index is 629. The van der Waals surface area contributed by atoms with Crippen molar-refractivity contribution < 1.29 is 14.4 Å². The Labute approximate surface area is 124 Å². The molecule has 0 spiro atoms. The molecule has 0 aliphatic carbocycles. The van der Waals surface area contributed by atoms with Crippen LogP contribution in [0.3, 0.4) is 0 Å². The lowest BCUT2D eigenvalue weighted by atomic mass is 10.0. The number of nitrogens with one attached hydrogen (secondary N) is 1. The average molecular weight is 337 g/mol. The number of amides is 3. The molecular weight excluding hydrogens is 324 g/mol. The molecule has 2 aliphatic heterocycles. The van der Waals surface area contributed by atoms with Gasteiger partial charge in [-0.1, -0.05) is 15.9 Å². The van der Waals surface area contributed by atoms with Crippen molar-refractivity contribution in [1.29, 1.82) is 0 Å². The predicted molar refractivity (Wildman–Crippen MR) is 74.9 cm³/mol. The van der Waals surface area contributed by atoms with E-state index < -0.39 is 6.04 Å². The van der Waals surface area contributed by atoms with Gasteiger partial charge in [0.15, 0.2) is 0 Å². The number of benzene rings is 1. The van der Waals surface area contributed by atoms with Crippen LogP contribution in [0.5, 0.6) is 0 Å². The fourth-order valence-corrected chi connectivity index (χ4v) is 3.28. The zero-order valence-corrected chi connectivity index (χ0v) is 12.4. The van der Waals surface area contributed by atoms with E-state index in [1.165, 1.54) is 0 Å². The molecule has 2 heterocycles. The normalized spacial score (nSPS) is 25.7. The van der Waals surface area contributed by atoms with Crippen LogP contribution in [0.15, 0.2) is 22.7 Å². The molecule has 2 unspecified atom stereocenters. The fraction of sp³-hybridized carbons (Fsp3) is 0.357. The Morgan fingerprint density at radius 3 is 2.75 bits per heavy atom. The number of hydrogen-bond acceptors (Lipinski definition) is 3. The van der Waals surface area contributed by atoms with Gasteiger partial charge in [-0.05, 0) is 37.1 Å². The van der Waals surface area contributed by atoms with Crippen molar-refractivity contribution in [1.82, 2.24) is 10.2 Å². The van der Waals surface area contributed by atoms with Crippen molar-refractivity contribution in [3.05, 3.63) is 33.8 Å². The summed E-state index contributed by atoms with van der Waals surface area (Å²) in [5, 5.41) is 2.30. The minimum Gasteiger partial charge on any atom is -0.320 e. The lowest BCUT2D eigenvalue weighted by Gasteiger charge is -2.32. The van der Waals surface area contributed by atoms with Gasteiger partial charge in [-0.3, -0.25) is 19.7 Å². The van der Waals surface area contributed by atoms with Gasteiger partial charge < -0.3 is 4.90 Å². The maximum absolute atomic E-state index is 12.5. The van der Waals surface area contributed by atoms with Crippen LogP contribution in [0.25, 0.3) is 0 Å². The Morgan fingerprint density at radius 1 is 1.30 bits per heavy atom. The van der Waals surface area contributed by atoms with Crippen LogP contribution in [-0.2, 0) is 9.59 Å². The number of fused-ring (bicyclic) bond motifs is 1. The zero-order valence-electron chi connectivity index (χ0n) is 10.9. The lowest BCUT2D eigenvalue weighted by molar-refractivity contribution is -0.137. The highest BCUT2D eigenvalue weighted by atomic mass is 79.9. The van der Waals surface area contributed by atoms with E-state index in [1.54, 1.807) is 11.0 Å². The third-order valence-electron chi connectivity index (χ3n) is 3.89. The number of carbonyl (C=O) groups excluding carboxylic acids is 3. The number of imide groups is 1. The second kappa shape index (κ2) is 4.70. The standard InChI is InChI=1S/C14H13BrN2O3/c1-7-10-6-8(15)2-3-9(10)14(20)17(7)11-4-5-12(18)16-13(11)19/h2-3,6-7,11H,4-5H2,1H3,(H,16,18,19). The third kappa shape index (κ3) is 1.95. The molecule has 1 aromatic rings. The van der Waals surface area contributed by atoms with Gasteiger partial charge >= 0.3 is 0 Å². The molecule has 3 amide bonds. The van der Waals surface area contributed by atoms with Crippen LogP contribution in [0, 0.1) is 0 Å². The van der Waals surface area contributed by atoms with E-state index in [9.17, 15) is 14.4 Å². The minimum absolute atomic E-state index is 0.144. The van der Waals surface area contributed by atoms with Crippen molar-refractivity contribution in [2.75, 3.05) is 0 Å². The summed E-state index contributed by atoms with van der Waals surface area (Å²) in [4.78, 5) is 37.3. The molecule has 2 atom stereocenters. The predicted octanol–water partition coefficient (Wildman–Crippen LogP) is 1.77. The molecule has 3 rings (SSSR count). The van der Waals surface area contributed by atoms with Gasteiger partial charge in [-0.15, -0.1) is 0 Å². The number of hydrogen-bond donors (Lipinski definition) is 1. The van der Waals surface area contributed by atoms with Crippen LogP contribution in [0.2, 0.25) is 0 Å². The molecule has 0 aromatic heterocycles. The Kier molecular flexibility index (Phi) is 3.12. The highest BCUT2D eigenvalue weighted by Crippen LogP contribution is 2.37. The minimum atomic E-state index is -0.568. The molecule has 104 valence electrons. The summed E-state index contributed by atoms with van der Waals surface area (Å²) in [6, 6.07) is 4.76. The van der Waals surface area contributed by atoms with Gasteiger partial charge in [0.2, 0.25) is 11.8 Å². The molecule has 20 heavy (non-hydrogen) atoms. The SMILES string of the molecule is CC1c2cc(Br)ccc2C(=O)N1C1CCC(=O)NC1=O. The first-order chi connectivity index (χ1) is 9.49. The quantitative estimate of drug-likeness (QED) is 0.795. The van der Waals surface area contributed by atoms with Crippen LogP contribution in [-0.4, -0.2) is 28.7 Å². The van der Waals surface area contributed by atoms with E-state index in [0.717, 1.165) is 10.0 Å². The molecule has 0 radical (unpaired) electrons. The molecule has 1 saturated heterocycles. The molecule has 0 bridgehead atoms. The number of halogens is 1. The second-order valence-electron chi connectivity index (χ2n) is 5.09. The van der Waals surface area contributed by atoms with Crippen molar-refractivity contribution in [2.45, 2.75) is 31.8 Å². The van der Waals surface area contributed by atoms with Crippen LogP contribution >= 0.6 is 15.9 Å². The van der Waals surface area contributed by atoms with Crippen LogP contribution in [0.4, 0.5) is 0 Å². The molecule has 2 aliphatic rings. The van der Waals surface area contributed by atoms with E-state index in [2.05, 4.69) is 21.2 Å². The highest BCUT2D eigenvalue weighted by molar-refractivity contribution is 9.10. The Balaban J connectivity index is 1.95. The van der Waals surface area contributed by atoms with E-state index in [0.29, 0.717) is 12.0 Å². The summed E-state index contributed by atoms with van der Waals surface area (Å²) in [6.45, 7) is 1.90. The van der Waals surface area contributed by atoms with E-state index >= 15 is 0 Å². The highest BCUT2D eigenvalue weighted by Gasteiger charge is 2.42. The van der Waals surface area contributed by atoms with Crippen LogP contribution in [0.1, 0.15) is 41.7 Å². The summed E-state index contributed by atoms with van der Waals surface area (Å²) >= 11 is 3.39. The van der Waals surface area contributed by atoms with Gasteiger partial charge in [0, 0.05) is 16.5 Å². The van der Waals surface area contributed by atoms with E-state index in [-0.39, 0.29) is 30.2 Å². The van der Waals surface area contributed by atoms with E-state index in [1.807, 2.05) is 19.1 Å². The number of piperidine rings is 1. The van der Waals surface area contributed by atoms with Gasteiger partial charge in [-0.2, -0.15) is 0 Å². The summed E-state index contributed by atoms with van der Waals surface area (Å²) < 4.78 is 0.904. The lowest BCUT2D eigenvalue weighted by Crippen LogP contribution is -2.53. The monoisotopic (exact) mass is 336 g/mol. The maximum Gasteiger partial charge on any atom is 0.255 e. The summed E-state index contributed by atoms with van der Waals surface area (Å²) in [5.41, 5.74) is 1.54. The largest absolute Gasteiger partial charge is 0.320 e. The number of carbonyl (C=O) groups is 3. The van der Waals surface area contributed by atoms with Gasteiger partial charge in [0.05, 0.1) is 6.04 Å². The summed E-state index contributed by atoms with van der Waals surface area (Å²) in [6.07, 6.45) is 0.656. The first kappa shape index (κ1) is 13.3. The molecule has 0 saturated carbocycles. The second-order valence-corrected chi connectivity index (χ2v) is 6.00. The van der Waals surface area contributed by atoms with Gasteiger partial charge in [0.25, 0.3) is 5.91 Å². The maximum atomic E-state index is 12.5. The smallest absolute Gasteiger partial charge is 0.255 e. The van der Waals surface area contributed by atoms with Crippen LogP contribution < -0.4 is 5.32 Å².